The van der Waals surface area contributed by atoms with Crippen molar-refractivity contribution in [2.45, 2.75) is 33.6 Å². The zero-order valence-electron chi connectivity index (χ0n) is 18.0. The van der Waals surface area contributed by atoms with E-state index in [0.717, 1.165) is 18.6 Å². The molecule has 2 aromatic carbocycles. The Labute approximate surface area is 185 Å². The number of aliphatic imine (C=N–C) groups is 1. The molecule has 166 valence electrons. The highest BCUT2D eigenvalue weighted by Gasteiger charge is 2.24. The lowest BCUT2D eigenvalue weighted by molar-refractivity contribution is -0.134. The zero-order chi connectivity index (χ0) is 23.1. The quantitative estimate of drug-likeness (QED) is 0.266. The number of hydrogen-bond donors (Lipinski definition) is 0. The first kappa shape index (κ1) is 22.7. The normalized spacial score (nSPS) is 14.0. The molecule has 0 unspecified atom stereocenters. The number of carbonyl (C=O) groups is 3. The second-order valence-corrected chi connectivity index (χ2v) is 6.96. The minimum Gasteiger partial charge on any atom is -0.494 e. The molecule has 8 heteroatoms. The van der Waals surface area contributed by atoms with Gasteiger partial charge >= 0.3 is 17.9 Å². The SMILES string of the molecule is CCCCOc1ccc(C2=NC(=Cc3ccc(OC(C)=O)c(OC(C)=O)c3)C(=O)O2)cc1. The van der Waals surface area contributed by atoms with Gasteiger partial charge in [0.1, 0.15) is 5.75 Å². The van der Waals surface area contributed by atoms with Crippen molar-refractivity contribution in [3.63, 3.8) is 0 Å². The van der Waals surface area contributed by atoms with Crippen molar-refractivity contribution >= 4 is 29.9 Å². The molecule has 32 heavy (non-hydrogen) atoms. The molecule has 0 fully saturated rings. The third-order valence-electron chi connectivity index (χ3n) is 4.27. The summed E-state index contributed by atoms with van der Waals surface area (Å²) in [5, 5.41) is 0. The van der Waals surface area contributed by atoms with Crippen LogP contribution in [0.25, 0.3) is 6.08 Å². The van der Waals surface area contributed by atoms with Gasteiger partial charge in [0.05, 0.1) is 6.61 Å². The van der Waals surface area contributed by atoms with E-state index in [4.69, 9.17) is 18.9 Å². The molecule has 0 aromatic heterocycles. The summed E-state index contributed by atoms with van der Waals surface area (Å²) in [6.45, 7) is 5.20. The van der Waals surface area contributed by atoms with E-state index < -0.39 is 17.9 Å². The summed E-state index contributed by atoms with van der Waals surface area (Å²) >= 11 is 0. The largest absolute Gasteiger partial charge is 0.494 e. The topological polar surface area (TPSA) is 100 Å². The maximum Gasteiger partial charge on any atom is 0.363 e. The maximum atomic E-state index is 12.3. The molecule has 3 rings (SSSR count). The average Bonchev–Trinajstić information content (AvgIpc) is 3.10. The van der Waals surface area contributed by atoms with Gasteiger partial charge in [0.15, 0.2) is 17.2 Å². The van der Waals surface area contributed by atoms with Crippen molar-refractivity contribution in [1.82, 2.24) is 0 Å². The second-order valence-electron chi connectivity index (χ2n) is 6.96. The molecule has 2 aromatic rings. The lowest BCUT2D eigenvalue weighted by atomic mass is 10.1. The van der Waals surface area contributed by atoms with Crippen LogP contribution in [0.2, 0.25) is 0 Å². The summed E-state index contributed by atoms with van der Waals surface area (Å²) in [5.41, 5.74) is 1.22. The Bertz CT molecular complexity index is 1080. The van der Waals surface area contributed by atoms with Crippen LogP contribution < -0.4 is 14.2 Å². The van der Waals surface area contributed by atoms with E-state index in [1.807, 2.05) is 0 Å². The first-order chi connectivity index (χ1) is 15.4. The van der Waals surface area contributed by atoms with Crippen molar-refractivity contribution < 1.29 is 33.3 Å². The predicted octanol–water partition coefficient (Wildman–Crippen LogP) is 4.06. The van der Waals surface area contributed by atoms with Crippen LogP contribution in [0.15, 0.2) is 53.2 Å². The number of unbranched alkanes of at least 4 members (excludes halogenated alkanes) is 1. The summed E-state index contributed by atoms with van der Waals surface area (Å²) in [5.74, 6) is -0.690. The Kier molecular flexibility index (Phi) is 7.38. The van der Waals surface area contributed by atoms with Crippen molar-refractivity contribution in [3.05, 3.63) is 59.3 Å². The second kappa shape index (κ2) is 10.4. The molecule has 0 spiro atoms. The molecule has 0 N–H and O–H groups in total. The van der Waals surface area contributed by atoms with Gasteiger partial charge in [-0.05, 0) is 54.5 Å². The molecule has 1 aliphatic heterocycles. The molecule has 1 heterocycles. The fourth-order valence-electron chi connectivity index (χ4n) is 2.81. The first-order valence-corrected chi connectivity index (χ1v) is 10.1. The number of carbonyl (C=O) groups excluding carboxylic acids is 3. The van der Waals surface area contributed by atoms with E-state index in [1.54, 1.807) is 30.3 Å². The average molecular weight is 437 g/mol. The van der Waals surface area contributed by atoms with Crippen LogP contribution in [0.3, 0.4) is 0 Å². The van der Waals surface area contributed by atoms with Crippen molar-refractivity contribution in [2.24, 2.45) is 4.99 Å². The van der Waals surface area contributed by atoms with Gasteiger partial charge in [-0.1, -0.05) is 19.4 Å². The molecule has 0 amide bonds. The standard InChI is InChI=1S/C24H23NO7/c1-4-5-12-29-19-9-7-18(8-10-19)23-25-20(24(28)32-23)13-17-6-11-21(30-15(2)26)22(14-17)31-16(3)27/h6-11,13-14H,4-5,12H2,1-3H3. The maximum absolute atomic E-state index is 12.3. The third kappa shape index (κ3) is 6.04. The van der Waals surface area contributed by atoms with Crippen LogP contribution >= 0.6 is 0 Å². The Morgan fingerprint density at radius 3 is 2.34 bits per heavy atom. The van der Waals surface area contributed by atoms with Crippen LogP contribution in [0.5, 0.6) is 17.2 Å². The fourth-order valence-corrected chi connectivity index (χ4v) is 2.81. The van der Waals surface area contributed by atoms with E-state index in [1.165, 1.54) is 32.1 Å². The van der Waals surface area contributed by atoms with E-state index in [0.29, 0.717) is 17.7 Å². The predicted molar refractivity (Wildman–Crippen MR) is 117 cm³/mol. The molecule has 0 radical (unpaired) electrons. The molecule has 0 bridgehead atoms. The highest BCUT2D eigenvalue weighted by molar-refractivity contribution is 6.12. The molecule has 8 nitrogen and oxygen atoms in total. The highest BCUT2D eigenvalue weighted by Crippen LogP contribution is 2.30. The van der Waals surface area contributed by atoms with Crippen LogP contribution in [-0.4, -0.2) is 30.4 Å². The number of rotatable bonds is 8. The smallest absolute Gasteiger partial charge is 0.363 e. The Morgan fingerprint density at radius 1 is 1.00 bits per heavy atom. The Balaban J connectivity index is 1.81. The molecule has 0 aliphatic carbocycles. The molecule has 0 atom stereocenters. The van der Waals surface area contributed by atoms with Gasteiger partial charge in [-0.15, -0.1) is 0 Å². The summed E-state index contributed by atoms with van der Waals surface area (Å²) in [6.07, 6.45) is 3.51. The van der Waals surface area contributed by atoms with Gasteiger partial charge in [0, 0.05) is 19.4 Å². The summed E-state index contributed by atoms with van der Waals surface area (Å²) in [7, 11) is 0. The van der Waals surface area contributed by atoms with E-state index in [2.05, 4.69) is 11.9 Å². The number of benzene rings is 2. The van der Waals surface area contributed by atoms with E-state index >= 15 is 0 Å². The van der Waals surface area contributed by atoms with Crippen LogP contribution in [-0.2, 0) is 19.1 Å². The minimum atomic E-state index is -0.610. The van der Waals surface area contributed by atoms with Crippen molar-refractivity contribution in [1.29, 1.82) is 0 Å². The lowest BCUT2D eigenvalue weighted by Gasteiger charge is -2.09. The van der Waals surface area contributed by atoms with Gasteiger partial charge in [-0.2, -0.15) is 0 Å². The molecule has 0 saturated carbocycles. The number of hydrogen-bond acceptors (Lipinski definition) is 8. The number of esters is 3. The van der Waals surface area contributed by atoms with Gasteiger partial charge in [-0.3, -0.25) is 9.59 Å². The molecule has 0 saturated heterocycles. The van der Waals surface area contributed by atoms with Crippen LogP contribution in [0.4, 0.5) is 0 Å². The fraction of sp³-hybridized carbons (Fsp3) is 0.250. The zero-order valence-corrected chi connectivity index (χ0v) is 18.0. The van der Waals surface area contributed by atoms with Crippen LogP contribution in [0, 0.1) is 0 Å². The number of cyclic esters (lactones) is 1. The third-order valence-corrected chi connectivity index (χ3v) is 4.27. The van der Waals surface area contributed by atoms with Gasteiger partial charge < -0.3 is 18.9 Å². The Morgan fingerprint density at radius 2 is 1.69 bits per heavy atom. The van der Waals surface area contributed by atoms with E-state index in [9.17, 15) is 14.4 Å². The van der Waals surface area contributed by atoms with E-state index in [-0.39, 0.29) is 23.1 Å². The summed E-state index contributed by atoms with van der Waals surface area (Å²) in [6, 6.07) is 11.7. The molecular formula is C24H23NO7. The summed E-state index contributed by atoms with van der Waals surface area (Å²) < 4.78 is 21.1. The van der Waals surface area contributed by atoms with Gasteiger partial charge in [0.25, 0.3) is 0 Å². The van der Waals surface area contributed by atoms with Crippen molar-refractivity contribution in [2.75, 3.05) is 6.61 Å². The van der Waals surface area contributed by atoms with Crippen LogP contribution in [0.1, 0.15) is 44.7 Å². The Hall–Kier alpha value is -3.94. The summed E-state index contributed by atoms with van der Waals surface area (Å²) in [4.78, 5) is 39.2. The number of nitrogens with zero attached hydrogens (tertiary/aromatic N) is 1. The lowest BCUT2D eigenvalue weighted by Crippen LogP contribution is -2.07. The highest BCUT2D eigenvalue weighted by atomic mass is 16.6. The monoisotopic (exact) mass is 437 g/mol. The molecule has 1 aliphatic rings. The molecular weight excluding hydrogens is 414 g/mol. The van der Waals surface area contributed by atoms with Gasteiger partial charge in [-0.25, -0.2) is 9.79 Å². The van der Waals surface area contributed by atoms with Gasteiger partial charge in [0.2, 0.25) is 5.90 Å². The number of ether oxygens (including phenoxy) is 4. The first-order valence-electron chi connectivity index (χ1n) is 10.1. The van der Waals surface area contributed by atoms with Crippen molar-refractivity contribution in [3.8, 4) is 17.2 Å². The minimum absolute atomic E-state index is 0.0521.